The topological polar surface area (TPSA) is 50.1 Å². The number of hydrogen-bond donors (Lipinski definition) is 0. The molecule has 0 bridgehead atoms. The molecule has 0 aliphatic carbocycles. The summed E-state index contributed by atoms with van der Waals surface area (Å²) in [7, 11) is 0. The van der Waals surface area contributed by atoms with Crippen molar-refractivity contribution in [3.05, 3.63) is 113 Å². The first kappa shape index (κ1) is 20.6. The molecule has 1 aliphatic heterocycles. The van der Waals surface area contributed by atoms with E-state index in [0.717, 1.165) is 17.5 Å². The molecule has 0 radical (unpaired) electrons. The standard InChI is InChI=1S/C28H25NO2/c29-20-27-26(22-12-6-2-7-13-22)19-25(31-28(27)23-14-8-3-9-15-23)18-24(30)17-16-21-10-4-1-5-11-21/h1-15,25-26H,16-19H2/t25-,26-/m1/s1. The Bertz CT molecular complexity index is 1080. The number of rotatable bonds is 7. The molecule has 0 amide bonds. The van der Waals surface area contributed by atoms with E-state index in [-0.39, 0.29) is 17.8 Å². The monoisotopic (exact) mass is 407 g/mol. The molecule has 1 heterocycles. The van der Waals surface area contributed by atoms with Crippen LogP contribution in [0.3, 0.4) is 0 Å². The van der Waals surface area contributed by atoms with Crippen LogP contribution in [0, 0.1) is 11.3 Å². The molecule has 3 nitrogen and oxygen atoms in total. The number of benzene rings is 3. The third-order valence-electron chi connectivity index (χ3n) is 5.73. The summed E-state index contributed by atoms with van der Waals surface area (Å²) in [6.45, 7) is 0. The maximum atomic E-state index is 12.8. The number of aryl methyl sites for hydroxylation is 1. The van der Waals surface area contributed by atoms with Crippen LogP contribution in [0.25, 0.3) is 5.76 Å². The SMILES string of the molecule is N#CC1=C(c2ccccc2)O[C@H](CC(=O)CCc2ccccc2)C[C@@H]1c1ccccc1. The highest BCUT2D eigenvalue weighted by Gasteiger charge is 2.33. The van der Waals surface area contributed by atoms with Gasteiger partial charge in [0.15, 0.2) is 0 Å². The minimum atomic E-state index is -0.249. The number of nitrogens with zero attached hydrogens (tertiary/aromatic N) is 1. The summed E-state index contributed by atoms with van der Waals surface area (Å²) in [5.74, 6) is 0.708. The minimum absolute atomic E-state index is 0.0814. The molecule has 0 saturated heterocycles. The lowest BCUT2D eigenvalue weighted by molar-refractivity contribution is -0.121. The zero-order valence-electron chi connectivity index (χ0n) is 17.4. The van der Waals surface area contributed by atoms with Gasteiger partial charge < -0.3 is 4.74 Å². The molecule has 154 valence electrons. The molecule has 3 aromatic rings. The first-order chi connectivity index (χ1) is 15.2. The highest BCUT2D eigenvalue weighted by molar-refractivity contribution is 5.79. The van der Waals surface area contributed by atoms with Crippen molar-refractivity contribution < 1.29 is 9.53 Å². The fraction of sp³-hybridized carbons (Fsp3) is 0.214. The maximum absolute atomic E-state index is 12.8. The molecule has 1 aliphatic rings. The van der Waals surface area contributed by atoms with Crippen molar-refractivity contribution in [1.29, 1.82) is 5.26 Å². The Morgan fingerprint density at radius 1 is 0.903 bits per heavy atom. The van der Waals surface area contributed by atoms with Gasteiger partial charge in [-0.15, -0.1) is 0 Å². The van der Waals surface area contributed by atoms with Gasteiger partial charge in [-0.1, -0.05) is 91.0 Å². The van der Waals surface area contributed by atoms with E-state index in [1.54, 1.807) is 0 Å². The average Bonchev–Trinajstić information content (AvgIpc) is 2.84. The molecule has 0 unspecified atom stereocenters. The summed E-state index contributed by atoms with van der Waals surface area (Å²) in [5.41, 5.74) is 3.75. The highest BCUT2D eigenvalue weighted by atomic mass is 16.5. The number of Topliss-reactive ketones (excluding diaryl/α,β-unsaturated/α-hetero) is 1. The minimum Gasteiger partial charge on any atom is -0.488 e. The predicted molar refractivity (Wildman–Crippen MR) is 122 cm³/mol. The number of hydrogen-bond acceptors (Lipinski definition) is 3. The predicted octanol–water partition coefficient (Wildman–Crippen LogP) is 6.09. The Labute approximate surface area is 183 Å². The number of ether oxygens (including phenoxy) is 1. The molecule has 0 fully saturated rings. The van der Waals surface area contributed by atoms with E-state index in [1.165, 1.54) is 5.56 Å². The molecule has 3 aromatic carbocycles. The van der Waals surface area contributed by atoms with Gasteiger partial charge in [-0.05, 0) is 24.0 Å². The van der Waals surface area contributed by atoms with E-state index in [2.05, 4.69) is 6.07 Å². The van der Waals surface area contributed by atoms with Crippen LogP contribution in [-0.4, -0.2) is 11.9 Å². The average molecular weight is 408 g/mol. The molecule has 31 heavy (non-hydrogen) atoms. The first-order valence-corrected chi connectivity index (χ1v) is 10.7. The second-order valence-corrected chi connectivity index (χ2v) is 7.89. The molecule has 3 heteroatoms. The van der Waals surface area contributed by atoms with E-state index >= 15 is 0 Å². The zero-order chi connectivity index (χ0) is 21.5. The lowest BCUT2D eigenvalue weighted by atomic mass is 9.82. The van der Waals surface area contributed by atoms with Crippen molar-refractivity contribution in [2.75, 3.05) is 0 Å². The summed E-state index contributed by atoms with van der Waals surface area (Å²) in [6, 6.07) is 32.2. The number of ketones is 1. The summed E-state index contributed by atoms with van der Waals surface area (Å²) in [5, 5.41) is 9.98. The second-order valence-electron chi connectivity index (χ2n) is 7.89. The summed E-state index contributed by atoms with van der Waals surface area (Å²) < 4.78 is 6.29. The van der Waals surface area contributed by atoms with Crippen molar-refractivity contribution in [2.24, 2.45) is 0 Å². The Hall–Kier alpha value is -3.64. The molecule has 4 rings (SSSR count). The quantitative estimate of drug-likeness (QED) is 0.476. The van der Waals surface area contributed by atoms with Crippen molar-refractivity contribution in [2.45, 2.75) is 37.7 Å². The van der Waals surface area contributed by atoms with Crippen molar-refractivity contribution in [3.8, 4) is 6.07 Å². The third-order valence-corrected chi connectivity index (χ3v) is 5.73. The zero-order valence-corrected chi connectivity index (χ0v) is 17.4. The fourth-order valence-electron chi connectivity index (χ4n) is 4.16. The van der Waals surface area contributed by atoms with E-state index in [9.17, 15) is 10.1 Å². The van der Waals surface area contributed by atoms with Crippen LogP contribution in [0.1, 0.15) is 41.9 Å². The van der Waals surface area contributed by atoms with Gasteiger partial charge in [0.2, 0.25) is 0 Å². The van der Waals surface area contributed by atoms with E-state index in [4.69, 9.17) is 4.74 Å². The van der Waals surface area contributed by atoms with Gasteiger partial charge in [-0.3, -0.25) is 4.79 Å². The van der Waals surface area contributed by atoms with Crippen LogP contribution >= 0.6 is 0 Å². The van der Waals surface area contributed by atoms with Crippen molar-refractivity contribution >= 4 is 11.5 Å². The normalized spacial score (nSPS) is 18.2. The van der Waals surface area contributed by atoms with E-state index in [0.29, 0.717) is 30.6 Å². The molecule has 0 saturated carbocycles. The number of allylic oxidation sites excluding steroid dienone is 1. The van der Waals surface area contributed by atoms with Gasteiger partial charge in [0.25, 0.3) is 0 Å². The first-order valence-electron chi connectivity index (χ1n) is 10.7. The van der Waals surface area contributed by atoms with Crippen LogP contribution in [0.15, 0.2) is 96.6 Å². The van der Waals surface area contributed by atoms with Gasteiger partial charge in [0, 0.05) is 24.3 Å². The molecule has 0 spiro atoms. The number of carbonyl (C=O) groups is 1. The Morgan fingerprint density at radius 2 is 1.52 bits per heavy atom. The summed E-state index contributed by atoms with van der Waals surface area (Å²) >= 11 is 0. The van der Waals surface area contributed by atoms with Gasteiger partial charge in [-0.25, -0.2) is 0 Å². The smallest absolute Gasteiger partial charge is 0.141 e. The summed E-state index contributed by atoms with van der Waals surface area (Å²) in [4.78, 5) is 12.8. The van der Waals surface area contributed by atoms with Crippen LogP contribution < -0.4 is 0 Å². The largest absolute Gasteiger partial charge is 0.488 e. The van der Waals surface area contributed by atoms with Gasteiger partial charge in [-0.2, -0.15) is 5.26 Å². The highest BCUT2D eigenvalue weighted by Crippen LogP contribution is 2.41. The Morgan fingerprint density at radius 3 is 2.16 bits per heavy atom. The molecule has 0 N–H and O–H groups in total. The maximum Gasteiger partial charge on any atom is 0.141 e. The summed E-state index contributed by atoms with van der Waals surface area (Å²) in [6.07, 6.45) is 1.96. The number of nitriles is 1. The van der Waals surface area contributed by atoms with Crippen LogP contribution in [0.4, 0.5) is 0 Å². The van der Waals surface area contributed by atoms with E-state index in [1.807, 2.05) is 91.0 Å². The molecular formula is C28H25NO2. The lowest BCUT2D eigenvalue weighted by Crippen LogP contribution is -2.26. The van der Waals surface area contributed by atoms with Crippen LogP contribution in [-0.2, 0) is 16.0 Å². The second kappa shape index (κ2) is 9.91. The fourth-order valence-corrected chi connectivity index (χ4v) is 4.16. The molecule has 2 atom stereocenters. The van der Waals surface area contributed by atoms with Gasteiger partial charge >= 0.3 is 0 Å². The Balaban J connectivity index is 1.56. The Kier molecular flexibility index (Phi) is 6.59. The molecular weight excluding hydrogens is 382 g/mol. The van der Waals surface area contributed by atoms with Crippen molar-refractivity contribution in [3.63, 3.8) is 0 Å². The van der Waals surface area contributed by atoms with E-state index < -0.39 is 0 Å². The third kappa shape index (κ3) is 5.10. The van der Waals surface area contributed by atoms with Crippen molar-refractivity contribution in [1.82, 2.24) is 0 Å². The molecule has 0 aromatic heterocycles. The van der Waals surface area contributed by atoms with Gasteiger partial charge in [0.05, 0.1) is 11.6 Å². The number of carbonyl (C=O) groups excluding carboxylic acids is 1. The van der Waals surface area contributed by atoms with Crippen LogP contribution in [0.2, 0.25) is 0 Å². The lowest BCUT2D eigenvalue weighted by Gasteiger charge is -2.32. The van der Waals surface area contributed by atoms with Gasteiger partial charge in [0.1, 0.15) is 17.6 Å². The van der Waals surface area contributed by atoms with Crippen LogP contribution in [0.5, 0.6) is 0 Å².